The summed E-state index contributed by atoms with van der Waals surface area (Å²) in [7, 11) is 3.87. The van der Waals surface area contributed by atoms with E-state index in [0.717, 1.165) is 22.4 Å². The van der Waals surface area contributed by atoms with Crippen molar-refractivity contribution >= 4 is 17.5 Å². The summed E-state index contributed by atoms with van der Waals surface area (Å²) < 4.78 is 5.40. The van der Waals surface area contributed by atoms with Gasteiger partial charge in [0.25, 0.3) is 0 Å². The van der Waals surface area contributed by atoms with Crippen molar-refractivity contribution in [2.75, 3.05) is 26.5 Å². The Labute approximate surface area is 125 Å². The second-order valence-electron chi connectivity index (χ2n) is 5.34. The van der Waals surface area contributed by atoms with Crippen molar-refractivity contribution in [2.45, 2.75) is 37.1 Å². The van der Waals surface area contributed by atoms with Gasteiger partial charge in [0, 0.05) is 16.5 Å². The summed E-state index contributed by atoms with van der Waals surface area (Å²) in [6.45, 7) is 2.81. The number of nitrogens with zero attached hydrogens (tertiary/aromatic N) is 1. The molecule has 4 heteroatoms. The van der Waals surface area contributed by atoms with E-state index in [1.54, 1.807) is 14.0 Å². The first-order valence-electron chi connectivity index (χ1n) is 7.14. The van der Waals surface area contributed by atoms with Gasteiger partial charge in [0.2, 0.25) is 0 Å². The summed E-state index contributed by atoms with van der Waals surface area (Å²) in [5.74, 6) is 1.97. The van der Waals surface area contributed by atoms with E-state index < -0.39 is 0 Å². The van der Waals surface area contributed by atoms with Gasteiger partial charge in [0.1, 0.15) is 5.75 Å². The van der Waals surface area contributed by atoms with Gasteiger partial charge in [-0.2, -0.15) is 0 Å². The molecule has 1 fully saturated rings. The van der Waals surface area contributed by atoms with Crippen LogP contribution in [0.3, 0.4) is 0 Å². The molecule has 1 aromatic rings. The van der Waals surface area contributed by atoms with Crippen LogP contribution in [0.15, 0.2) is 23.1 Å². The molecular formula is C16H23NO2S. The zero-order chi connectivity index (χ0) is 14.5. The lowest BCUT2D eigenvalue weighted by Crippen LogP contribution is -2.25. The fraction of sp³-hybridized carbons (Fsp3) is 0.562. The van der Waals surface area contributed by atoms with Gasteiger partial charge in [-0.15, -0.1) is 11.8 Å². The highest BCUT2D eigenvalue weighted by molar-refractivity contribution is 7.99. The van der Waals surface area contributed by atoms with E-state index in [4.69, 9.17) is 4.74 Å². The van der Waals surface area contributed by atoms with E-state index in [9.17, 15) is 4.79 Å². The van der Waals surface area contributed by atoms with E-state index in [-0.39, 0.29) is 5.78 Å². The second-order valence-corrected chi connectivity index (χ2v) is 6.47. The predicted molar refractivity (Wildman–Crippen MR) is 84.0 cm³/mol. The molecule has 1 aromatic carbocycles. The molecule has 1 atom stereocenters. The number of likely N-dealkylation sites (tertiary alicyclic amines) is 1. The first kappa shape index (κ1) is 15.4. The molecule has 20 heavy (non-hydrogen) atoms. The van der Waals surface area contributed by atoms with Crippen LogP contribution in [0.4, 0.5) is 0 Å². The second kappa shape index (κ2) is 7.14. The third kappa shape index (κ3) is 3.76. The third-order valence-corrected chi connectivity index (χ3v) is 5.04. The number of methoxy groups -OCH3 is 1. The van der Waals surface area contributed by atoms with Gasteiger partial charge in [0.05, 0.1) is 7.11 Å². The number of rotatable bonds is 6. The maximum absolute atomic E-state index is 11.4. The molecule has 0 spiro atoms. The Balaban J connectivity index is 1.93. The van der Waals surface area contributed by atoms with Crippen LogP contribution in [0.5, 0.6) is 5.75 Å². The number of carbonyl (C=O) groups is 1. The fourth-order valence-electron chi connectivity index (χ4n) is 2.65. The Morgan fingerprint density at radius 1 is 1.50 bits per heavy atom. The summed E-state index contributed by atoms with van der Waals surface area (Å²) >= 11 is 1.82. The minimum Gasteiger partial charge on any atom is -0.496 e. The summed E-state index contributed by atoms with van der Waals surface area (Å²) in [6, 6.07) is 6.45. The van der Waals surface area contributed by atoms with Gasteiger partial charge in [-0.25, -0.2) is 0 Å². The minimum atomic E-state index is 0.0763. The van der Waals surface area contributed by atoms with E-state index in [2.05, 4.69) is 11.9 Å². The van der Waals surface area contributed by atoms with Gasteiger partial charge in [-0.3, -0.25) is 4.79 Å². The highest BCUT2D eigenvalue weighted by Gasteiger charge is 2.20. The van der Waals surface area contributed by atoms with Crippen molar-refractivity contribution in [3.8, 4) is 5.75 Å². The first-order valence-corrected chi connectivity index (χ1v) is 8.12. The number of ether oxygens (including phenoxy) is 1. The van der Waals surface area contributed by atoms with Crippen molar-refractivity contribution in [1.82, 2.24) is 4.90 Å². The number of hydrogen-bond acceptors (Lipinski definition) is 4. The number of Topliss-reactive ketones (excluding diaryl/α,β-unsaturated/α-hetero) is 1. The third-order valence-electron chi connectivity index (χ3n) is 3.95. The molecule has 0 radical (unpaired) electrons. The summed E-state index contributed by atoms with van der Waals surface area (Å²) in [5.41, 5.74) is 0.710. The lowest BCUT2D eigenvalue weighted by molar-refractivity contribution is 0.101. The number of thioether (sulfide) groups is 1. The van der Waals surface area contributed by atoms with Crippen LogP contribution in [0.25, 0.3) is 0 Å². The number of carbonyl (C=O) groups excluding carboxylic acids is 1. The zero-order valence-corrected chi connectivity index (χ0v) is 13.3. The van der Waals surface area contributed by atoms with Crippen molar-refractivity contribution in [3.05, 3.63) is 23.8 Å². The highest BCUT2D eigenvalue weighted by Crippen LogP contribution is 2.32. The molecule has 3 nitrogen and oxygen atoms in total. The molecule has 2 rings (SSSR count). The minimum absolute atomic E-state index is 0.0763. The van der Waals surface area contributed by atoms with Gasteiger partial charge >= 0.3 is 0 Å². The van der Waals surface area contributed by atoms with Crippen molar-refractivity contribution in [1.29, 1.82) is 0 Å². The summed E-state index contributed by atoms with van der Waals surface area (Å²) in [6.07, 6.45) is 3.85. The van der Waals surface area contributed by atoms with E-state index >= 15 is 0 Å². The molecule has 1 aliphatic heterocycles. The zero-order valence-electron chi connectivity index (χ0n) is 12.5. The Morgan fingerprint density at radius 2 is 2.30 bits per heavy atom. The van der Waals surface area contributed by atoms with Crippen LogP contribution in [0.1, 0.15) is 36.5 Å². The molecule has 0 saturated carbocycles. The van der Waals surface area contributed by atoms with Gasteiger partial charge in [-0.05, 0) is 57.7 Å². The molecule has 1 saturated heterocycles. The van der Waals surface area contributed by atoms with Crippen LogP contribution in [0, 0.1) is 0 Å². The average molecular weight is 293 g/mol. The lowest BCUT2D eigenvalue weighted by Gasteiger charge is -2.19. The number of hydrogen-bond donors (Lipinski definition) is 0. The maximum atomic E-state index is 11.4. The molecule has 1 aliphatic rings. The van der Waals surface area contributed by atoms with Crippen LogP contribution in [0.2, 0.25) is 0 Å². The van der Waals surface area contributed by atoms with Crippen LogP contribution < -0.4 is 4.74 Å². The molecular weight excluding hydrogens is 270 g/mol. The normalized spacial score (nSPS) is 19.2. The van der Waals surface area contributed by atoms with Crippen LogP contribution in [-0.2, 0) is 0 Å². The summed E-state index contributed by atoms with van der Waals surface area (Å²) in [5, 5.41) is 0. The topological polar surface area (TPSA) is 29.5 Å². The molecule has 0 N–H and O–H groups in total. The van der Waals surface area contributed by atoms with E-state index in [1.165, 1.54) is 25.8 Å². The first-order chi connectivity index (χ1) is 9.61. The predicted octanol–water partition coefficient (Wildman–Crippen LogP) is 3.47. The Morgan fingerprint density at radius 3 is 2.90 bits per heavy atom. The van der Waals surface area contributed by atoms with Gasteiger partial charge < -0.3 is 9.64 Å². The van der Waals surface area contributed by atoms with Crippen LogP contribution in [-0.4, -0.2) is 43.2 Å². The molecule has 0 unspecified atom stereocenters. The average Bonchev–Trinajstić information content (AvgIpc) is 2.84. The maximum Gasteiger partial charge on any atom is 0.159 e. The molecule has 0 aliphatic carbocycles. The molecule has 0 aromatic heterocycles. The van der Waals surface area contributed by atoms with Crippen molar-refractivity contribution in [2.24, 2.45) is 0 Å². The SMILES string of the molecule is COc1cc(C(C)=O)ccc1SCC[C@@H]1CCCN1C. The Bertz CT molecular complexity index is 476. The van der Waals surface area contributed by atoms with Crippen molar-refractivity contribution < 1.29 is 9.53 Å². The standard InChI is InChI=1S/C16H23NO2S/c1-12(18)13-6-7-16(15(11-13)19-3)20-10-8-14-5-4-9-17(14)2/h6-7,11,14H,4-5,8-10H2,1-3H3/t14-/m0/s1. The summed E-state index contributed by atoms with van der Waals surface area (Å²) in [4.78, 5) is 15.0. The quantitative estimate of drug-likeness (QED) is 0.593. The molecule has 1 heterocycles. The van der Waals surface area contributed by atoms with Gasteiger partial charge in [-0.1, -0.05) is 6.07 Å². The van der Waals surface area contributed by atoms with Crippen molar-refractivity contribution in [3.63, 3.8) is 0 Å². The molecule has 0 amide bonds. The molecule has 110 valence electrons. The van der Waals surface area contributed by atoms with E-state index in [0.29, 0.717) is 5.56 Å². The number of benzene rings is 1. The lowest BCUT2D eigenvalue weighted by atomic mass is 10.1. The monoisotopic (exact) mass is 293 g/mol. The smallest absolute Gasteiger partial charge is 0.159 e. The number of ketones is 1. The highest BCUT2D eigenvalue weighted by atomic mass is 32.2. The van der Waals surface area contributed by atoms with Crippen LogP contribution >= 0.6 is 11.8 Å². The van der Waals surface area contributed by atoms with E-state index in [1.807, 2.05) is 30.0 Å². The Hall–Kier alpha value is -1.00. The van der Waals surface area contributed by atoms with Gasteiger partial charge in [0.15, 0.2) is 5.78 Å². The Kier molecular flexibility index (Phi) is 5.49. The fourth-order valence-corrected chi connectivity index (χ4v) is 3.71. The largest absolute Gasteiger partial charge is 0.496 e. The molecule has 0 bridgehead atoms.